The zero-order valence-corrected chi connectivity index (χ0v) is 15.2. The Morgan fingerprint density at radius 1 is 1.44 bits per heavy atom. The molecule has 2 aromatic rings. The first-order valence-corrected chi connectivity index (χ1v) is 9.11. The number of nitrogens with zero attached hydrogens (tertiary/aromatic N) is 3. The van der Waals surface area contributed by atoms with Crippen molar-refractivity contribution in [2.45, 2.75) is 13.5 Å². The van der Waals surface area contributed by atoms with Crippen molar-refractivity contribution in [2.24, 2.45) is 0 Å². The number of aromatic hydroxyl groups is 1. The molecular formula is C15H16FN5O5S. The molecule has 0 saturated carbocycles. The Labute approximate surface area is 154 Å². The number of anilines is 2. The Balaban J connectivity index is 1.82. The summed E-state index contributed by atoms with van der Waals surface area (Å²) in [6, 6.07) is 2.25. The molecule has 1 saturated heterocycles. The summed E-state index contributed by atoms with van der Waals surface area (Å²) in [6.07, 6.45) is 1.47. The molecule has 27 heavy (non-hydrogen) atoms. The van der Waals surface area contributed by atoms with Crippen LogP contribution in [0.1, 0.15) is 11.3 Å². The summed E-state index contributed by atoms with van der Waals surface area (Å²) in [7, 11) is -2.77. The predicted octanol–water partition coefficient (Wildman–Crippen LogP) is 0.431. The summed E-state index contributed by atoms with van der Waals surface area (Å²) in [4.78, 5) is 19.6. The van der Waals surface area contributed by atoms with Crippen LogP contribution in [0.15, 0.2) is 18.3 Å². The van der Waals surface area contributed by atoms with Crippen molar-refractivity contribution in [3.8, 4) is 11.6 Å². The lowest BCUT2D eigenvalue weighted by Crippen LogP contribution is -2.30. The fourth-order valence-electron chi connectivity index (χ4n) is 2.54. The van der Waals surface area contributed by atoms with Crippen molar-refractivity contribution in [1.29, 1.82) is 0 Å². The SMILES string of the molecule is COc1nc(NCc2cc(O)c(N3CC(=O)NS3(=O)=O)c(F)c2)cnc1C. The number of phenols is 1. The molecule has 3 N–H and O–H groups in total. The molecular weight excluding hydrogens is 381 g/mol. The van der Waals surface area contributed by atoms with E-state index in [0.717, 1.165) is 6.07 Å². The second-order valence-corrected chi connectivity index (χ2v) is 7.28. The third kappa shape index (κ3) is 3.69. The molecule has 1 aliphatic rings. The van der Waals surface area contributed by atoms with Crippen molar-refractivity contribution < 1.29 is 27.4 Å². The monoisotopic (exact) mass is 397 g/mol. The van der Waals surface area contributed by atoms with E-state index in [9.17, 15) is 22.7 Å². The summed E-state index contributed by atoms with van der Waals surface area (Å²) in [5.74, 6) is -1.70. The minimum absolute atomic E-state index is 0.0790. The molecule has 0 unspecified atom stereocenters. The number of phenolic OH excluding ortho intramolecular Hbond substituents is 1. The molecule has 1 aliphatic heterocycles. The molecule has 1 aromatic carbocycles. The van der Waals surface area contributed by atoms with Gasteiger partial charge in [-0.3, -0.25) is 9.78 Å². The largest absolute Gasteiger partial charge is 0.506 e. The van der Waals surface area contributed by atoms with Gasteiger partial charge in [0.1, 0.15) is 23.8 Å². The zero-order chi connectivity index (χ0) is 19.8. The molecule has 0 bridgehead atoms. The molecule has 1 fully saturated rings. The smallest absolute Gasteiger partial charge is 0.326 e. The van der Waals surface area contributed by atoms with Gasteiger partial charge < -0.3 is 15.2 Å². The minimum atomic E-state index is -4.23. The van der Waals surface area contributed by atoms with Gasteiger partial charge in [-0.15, -0.1) is 0 Å². The summed E-state index contributed by atoms with van der Waals surface area (Å²) < 4.78 is 45.4. The van der Waals surface area contributed by atoms with E-state index in [1.54, 1.807) is 11.6 Å². The van der Waals surface area contributed by atoms with Crippen LogP contribution in [-0.2, 0) is 21.5 Å². The zero-order valence-electron chi connectivity index (χ0n) is 14.4. The van der Waals surface area contributed by atoms with Gasteiger partial charge in [-0.1, -0.05) is 0 Å². The highest BCUT2D eigenvalue weighted by atomic mass is 32.2. The highest BCUT2D eigenvalue weighted by molar-refractivity contribution is 7.92. The van der Waals surface area contributed by atoms with E-state index in [-0.39, 0.29) is 6.54 Å². The van der Waals surface area contributed by atoms with Crippen LogP contribution in [0.4, 0.5) is 15.9 Å². The molecule has 1 amide bonds. The van der Waals surface area contributed by atoms with E-state index >= 15 is 0 Å². The number of aromatic nitrogens is 2. The van der Waals surface area contributed by atoms with Gasteiger partial charge in [0.2, 0.25) is 5.88 Å². The Kier molecular flexibility index (Phi) is 4.74. The van der Waals surface area contributed by atoms with Crippen LogP contribution in [0.2, 0.25) is 0 Å². The van der Waals surface area contributed by atoms with E-state index in [2.05, 4.69) is 15.3 Å². The van der Waals surface area contributed by atoms with Crippen LogP contribution in [0.25, 0.3) is 0 Å². The van der Waals surface area contributed by atoms with E-state index in [0.29, 0.717) is 27.3 Å². The van der Waals surface area contributed by atoms with Crippen molar-refractivity contribution >= 4 is 27.6 Å². The fraction of sp³-hybridized carbons (Fsp3) is 0.267. The van der Waals surface area contributed by atoms with Crippen LogP contribution in [-0.4, -0.2) is 43.1 Å². The third-order valence-corrected chi connectivity index (χ3v) is 5.13. The molecule has 0 spiro atoms. The van der Waals surface area contributed by atoms with Gasteiger partial charge in [0.05, 0.1) is 19.0 Å². The second kappa shape index (κ2) is 6.87. The molecule has 0 aliphatic carbocycles. The maximum absolute atomic E-state index is 14.4. The number of hydrogen-bond acceptors (Lipinski definition) is 8. The van der Waals surface area contributed by atoms with Crippen molar-refractivity contribution in [1.82, 2.24) is 14.7 Å². The number of hydrogen-bond donors (Lipinski definition) is 3. The van der Waals surface area contributed by atoms with E-state index in [4.69, 9.17) is 4.74 Å². The van der Waals surface area contributed by atoms with Crippen molar-refractivity contribution in [2.75, 3.05) is 23.3 Å². The molecule has 0 radical (unpaired) electrons. The molecule has 2 heterocycles. The van der Waals surface area contributed by atoms with Crippen LogP contribution in [0, 0.1) is 12.7 Å². The number of halogens is 1. The van der Waals surface area contributed by atoms with Gasteiger partial charge in [-0.2, -0.15) is 13.4 Å². The maximum Gasteiger partial charge on any atom is 0.326 e. The standard InChI is InChI=1S/C15H16FN5O5S/c1-8-15(26-2)19-12(6-17-8)18-5-9-3-10(16)14(11(22)4-9)21-7-13(23)20-27(21,24)25/h3-4,6,22H,5,7H2,1-2H3,(H,18,19)(H,20,23). The van der Waals surface area contributed by atoms with Gasteiger partial charge in [-0.05, 0) is 24.6 Å². The first kappa shape index (κ1) is 18.6. The van der Waals surface area contributed by atoms with Gasteiger partial charge in [0, 0.05) is 6.54 Å². The number of ether oxygens (including phenoxy) is 1. The number of nitrogens with one attached hydrogen (secondary N) is 2. The highest BCUT2D eigenvalue weighted by Gasteiger charge is 2.37. The average Bonchev–Trinajstić information content (AvgIpc) is 2.85. The van der Waals surface area contributed by atoms with E-state index in [1.165, 1.54) is 19.4 Å². The molecule has 0 atom stereocenters. The normalized spacial score (nSPS) is 15.5. The Hall–Kier alpha value is -3.15. The Bertz CT molecular complexity index is 991. The number of methoxy groups -OCH3 is 1. The van der Waals surface area contributed by atoms with Gasteiger partial charge in [0.25, 0.3) is 5.91 Å². The lowest BCUT2D eigenvalue weighted by atomic mass is 10.1. The summed E-state index contributed by atoms with van der Waals surface area (Å²) >= 11 is 0. The molecule has 144 valence electrons. The Morgan fingerprint density at radius 3 is 2.78 bits per heavy atom. The van der Waals surface area contributed by atoms with Gasteiger partial charge in [0.15, 0.2) is 5.82 Å². The number of benzene rings is 1. The number of carbonyl (C=O) groups excluding carboxylic acids is 1. The van der Waals surface area contributed by atoms with Crippen molar-refractivity contribution in [3.05, 3.63) is 35.4 Å². The number of carbonyl (C=O) groups is 1. The summed E-state index contributed by atoms with van der Waals surface area (Å²) in [6.45, 7) is 1.20. The number of rotatable bonds is 5. The van der Waals surface area contributed by atoms with Crippen LogP contribution < -0.4 is 19.1 Å². The predicted molar refractivity (Wildman–Crippen MR) is 93.1 cm³/mol. The van der Waals surface area contributed by atoms with E-state index < -0.39 is 39.9 Å². The van der Waals surface area contributed by atoms with Crippen LogP contribution >= 0.6 is 0 Å². The third-order valence-electron chi connectivity index (χ3n) is 3.75. The molecule has 1 aromatic heterocycles. The average molecular weight is 397 g/mol. The number of aryl methyl sites for hydroxylation is 1. The van der Waals surface area contributed by atoms with Crippen LogP contribution in [0.5, 0.6) is 11.6 Å². The second-order valence-electron chi connectivity index (χ2n) is 5.69. The lowest BCUT2D eigenvalue weighted by molar-refractivity contribution is -0.117. The minimum Gasteiger partial charge on any atom is -0.506 e. The fourth-order valence-corrected chi connectivity index (χ4v) is 3.71. The van der Waals surface area contributed by atoms with Gasteiger partial charge >= 0.3 is 10.2 Å². The van der Waals surface area contributed by atoms with Crippen LogP contribution in [0.3, 0.4) is 0 Å². The summed E-state index contributed by atoms with van der Waals surface area (Å²) in [5, 5.41) is 13.0. The topological polar surface area (TPSA) is 134 Å². The molecule has 12 heteroatoms. The molecule has 10 nitrogen and oxygen atoms in total. The Morgan fingerprint density at radius 2 is 2.19 bits per heavy atom. The lowest BCUT2D eigenvalue weighted by Gasteiger charge is -2.18. The summed E-state index contributed by atoms with van der Waals surface area (Å²) in [5.41, 5.74) is 0.339. The number of amides is 1. The van der Waals surface area contributed by atoms with Crippen molar-refractivity contribution in [3.63, 3.8) is 0 Å². The maximum atomic E-state index is 14.4. The quantitative estimate of drug-likeness (QED) is 0.661. The highest BCUT2D eigenvalue weighted by Crippen LogP contribution is 2.34. The van der Waals surface area contributed by atoms with E-state index in [1.807, 2.05) is 0 Å². The van der Waals surface area contributed by atoms with Gasteiger partial charge in [-0.25, -0.2) is 13.4 Å². The first-order valence-electron chi connectivity index (χ1n) is 7.67. The first-order chi connectivity index (χ1) is 12.7. The molecule has 3 rings (SSSR count).